The van der Waals surface area contributed by atoms with Gasteiger partial charge in [-0.15, -0.1) is 0 Å². The highest BCUT2D eigenvalue weighted by atomic mass is 19.1. The number of benzene rings is 2. The largest absolute Gasteiger partial charge is 0.374 e. The second kappa shape index (κ2) is 15.6. The molecule has 1 aliphatic heterocycles. The predicted molar refractivity (Wildman–Crippen MR) is 165 cm³/mol. The van der Waals surface area contributed by atoms with E-state index < -0.39 is 41.9 Å². The van der Waals surface area contributed by atoms with Crippen LogP contribution in [-0.4, -0.2) is 78.3 Å². The van der Waals surface area contributed by atoms with E-state index in [9.17, 15) is 23.6 Å². The van der Waals surface area contributed by atoms with Crippen LogP contribution in [0, 0.1) is 11.2 Å². The summed E-state index contributed by atoms with van der Waals surface area (Å²) in [5.74, 6) is -2.06. The molecule has 3 rings (SSSR count). The topological polar surface area (TPSA) is 120 Å². The number of carbonyl (C=O) groups is 4. The van der Waals surface area contributed by atoms with E-state index in [1.54, 1.807) is 44.1 Å². The number of allylic oxidation sites excluding steroid dienone is 1. The zero-order valence-electron chi connectivity index (χ0n) is 26.4. The quantitative estimate of drug-likeness (QED) is 0.321. The van der Waals surface area contributed by atoms with Crippen molar-refractivity contribution in [3.8, 4) is 0 Å². The van der Waals surface area contributed by atoms with E-state index in [0.717, 1.165) is 11.1 Å². The maximum Gasteiger partial charge on any atom is 0.252 e. The van der Waals surface area contributed by atoms with Gasteiger partial charge in [-0.05, 0) is 56.0 Å². The summed E-state index contributed by atoms with van der Waals surface area (Å²) in [5, 5.41) is 8.25. The Kier molecular flexibility index (Phi) is 12.2. The van der Waals surface area contributed by atoms with Crippen LogP contribution in [0.2, 0.25) is 0 Å². The average molecular weight is 610 g/mol. The lowest BCUT2D eigenvalue weighted by molar-refractivity contribution is -0.147. The third-order valence-electron chi connectivity index (χ3n) is 7.48. The highest BCUT2D eigenvalue weighted by molar-refractivity contribution is 5.95. The van der Waals surface area contributed by atoms with E-state index in [1.807, 2.05) is 51.1 Å². The second-order valence-electron chi connectivity index (χ2n) is 12.0. The smallest absolute Gasteiger partial charge is 0.252 e. The number of ether oxygens (including phenoxy) is 1. The number of nitrogens with one attached hydrogen (secondary N) is 3. The summed E-state index contributed by atoms with van der Waals surface area (Å²) in [6, 6.07) is 13.3. The molecule has 2 aromatic carbocycles. The van der Waals surface area contributed by atoms with Gasteiger partial charge in [-0.1, -0.05) is 63.2 Å². The Bertz CT molecular complexity index is 1340. The summed E-state index contributed by atoms with van der Waals surface area (Å²) in [4.78, 5) is 55.9. The molecule has 3 atom stereocenters. The van der Waals surface area contributed by atoms with E-state index >= 15 is 0 Å². The van der Waals surface area contributed by atoms with Crippen molar-refractivity contribution < 1.29 is 28.3 Å². The molecule has 4 amide bonds. The Balaban J connectivity index is 1.76. The third kappa shape index (κ3) is 9.45. The van der Waals surface area contributed by atoms with Crippen LogP contribution in [0.1, 0.15) is 45.7 Å². The van der Waals surface area contributed by atoms with Crippen molar-refractivity contribution in [3.63, 3.8) is 0 Å². The number of hydrogen-bond donors (Lipinski definition) is 3. The molecule has 0 aromatic heterocycles. The molecule has 11 heteroatoms. The normalized spacial score (nSPS) is 16.7. The first kappa shape index (κ1) is 34.4. The Morgan fingerprint density at radius 2 is 1.70 bits per heavy atom. The lowest BCUT2D eigenvalue weighted by Gasteiger charge is -2.38. The summed E-state index contributed by atoms with van der Waals surface area (Å²) >= 11 is 0. The van der Waals surface area contributed by atoms with Crippen molar-refractivity contribution in [2.45, 2.75) is 65.8 Å². The Morgan fingerprint density at radius 3 is 2.34 bits per heavy atom. The molecule has 238 valence electrons. The van der Waals surface area contributed by atoms with Gasteiger partial charge in [0.25, 0.3) is 5.91 Å². The van der Waals surface area contributed by atoms with E-state index in [0.29, 0.717) is 12.1 Å². The van der Waals surface area contributed by atoms with Gasteiger partial charge in [0.15, 0.2) is 0 Å². The molecule has 0 aliphatic carbocycles. The van der Waals surface area contributed by atoms with Gasteiger partial charge in [0.05, 0.1) is 25.8 Å². The molecular weight excluding hydrogens is 565 g/mol. The van der Waals surface area contributed by atoms with Crippen LogP contribution in [0.3, 0.4) is 0 Å². The van der Waals surface area contributed by atoms with Crippen molar-refractivity contribution in [1.29, 1.82) is 0 Å². The number of rotatable bonds is 13. The molecule has 0 fully saturated rings. The first-order valence-electron chi connectivity index (χ1n) is 14.7. The first-order valence-corrected chi connectivity index (χ1v) is 14.7. The van der Waals surface area contributed by atoms with Gasteiger partial charge >= 0.3 is 0 Å². The van der Waals surface area contributed by atoms with Gasteiger partial charge in [-0.3, -0.25) is 19.2 Å². The highest BCUT2D eigenvalue weighted by Crippen LogP contribution is 2.22. The predicted octanol–water partition coefficient (Wildman–Crippen LogP) is 2.74. The van der Waals surface area contributed by atoms with E-state index in [1.165, 1.54) is 17.0 Å². The van der Waals surface area contributed by atoms with Crippen molar-refractivity contribution >= 4 is 23.6 Å². The molecule has 0 saturated heterocycles. The van der Waals surface area contributed by atoms with Gasteiger partial charge in [-0.25, -0.2) is 4.39 Å². The molecule has 2 aromatic rings. The number of likely N-dealkylation sites (N-methyl/N-ethyl adjacent to an activating group) is 1. The van der Waals surface area contributed by atoms with Gasteiger partial charge in [0.1, 0.15) is 17.9 Å². The maximum absolute atomic E-state index is 13.8. The summed E-state index contributed by atoms with van der Waals surface area (Å²) in [7, 11) is 1.65. The first-order chi connectivity index (χ1) is 20.8. The number of amides is 4. The second-order valence-corrected chi connectivity index (χ2v) is 12.0. The summed E-state index contributed by atoms with van der Waals surface area (Å²) in [6.07, 6.45) is 2.00. The zero-order valence-corrected chi connectivity index (χ0v) is 26.4. The molecule has 0 saturated carbocycles. The van der Waals surface area contributed by atoms with Crippen molar-refractivity contribution in [2.75, 3.05) is 26.7 Å². The minimum atomic E-state index is -0.978. The van der Waals surface area contributed by atoms with Crippen LogP contribution in [0.5, 0.6) is 0 Å². The standard InChI is InChI=1S/C33H44FN5O5/c1-22-19-39(28(40)18-36-31(42)29(33(3,4)5)37-30(41)23(2)35-6)27(21-44-20-25-11-8-7-9-12-25)32(43)38(22)16-15-24-13-10-14-26(34)17-24/h7-14,17,19,23,27,29,35H,15-16,18,20-21H2,1-6H3,(H,36,42)(H,37,41)/t23-,27-,29+/m0/s1. The number of carbonyl (C=O) groups excluding carboxylic acids is 4. The summed E-state index contributed by atoms with van der Waals surface area (Å²) in [5.41, 5.74) is 1.56. The van der Waals surface area contributed by atoms with Gasteiger partial charge in [0.2, 0.25) is 17.7 Å². The number of hydrogen-bond acceptors (Lipinski definition) is 6. The molecular formula is C33H44FN5O5. The van der Waals surface area contributed by atoms with Crippen LogP contribution in [0.4, 0.5) is 4.39 Å². The van der Waals surface area contributed by atoms with Gasteiger partial charge in [0, 0.05) is 18.4 Å². The fourth-order valence-corrected chi connectivity index (χ4v) is 4.74. The molecule has 1 aliphatic rings. The maximum atomic E-state index is 13.8. The molecule has 0 bridgehead atoms. The Labute approximate surface area is 259 Å². The molecule has 3 N–H and O–H groups in total. The minimum absolute atomic E-state index is 0.0732. The van der Waals surface area contributed by atoms with Gasteiger partial charge in [-0.2, -0.15) is 0 Å². The van der Waals surface area contributed by atoms with Crippen LogP contribution < -0.4 is 16.0 Å². The van der Waals surface area contributed by atoms with Crippen molar-refractivity contribution in [3.05, 3.63) is 83.4 Å². The van der Waals surface area contributed by atoms with Crippen LogP contribution in [0.15, 0.2) is 66.5 Å². The van der Waals surface area contributed by atoms with Crippen LogP contribution in [-0.2, 0) is 36.9 Å². The minimum Gasteiger partial charge on any atom is -0.374 e. The number of nitrogens with zero attached hydrogens (tertiary/aromatic N) is 2. The summed E-state index contributed by atoms with van der Waals surface area (Å²) in [6.45, 7) is 8.92. The fraction of sp³-hybridized carbons (Fsp3) is 0.455. The highest BCUT2D eigenvalue weighted by Gasteiger charge is 2.38. The molecule has 44 heavy (non-hydrogen) atoms. The molecule has 0 radical (unpaired) electrons. The monoisotopic (exact) mass is 609 g/mol. The van der Waals surface area contributed by atoms with E-state index in [2.05, 4.69) is 16.0 Å². The molecule has 1 heterocycles. The Hall–Kier alpha value is -4.09. The lowest BCUT2D eigenvalue weighted by atomic mass is 9.86. The molecule has 0 spiro atoms. The summed E-state index contributed by atoms with van der Waals surface area (Å²) < 4.78 is 19.6. The van der Waals surface area contributed by atoms with Crippen LogP contribution >= 0.6 is 0 Å². The molecule has 10 nitrogen and oxygen atoms in total. The van der Waals surface area contributed by atoms with Crippen molar-refractivity contribution in [2.24, 2.45) is 5.41 Å². The lowest BCUT2D eigenvalue weighted by Crippen LogP contribution is -2.59. The van der Waals surface area contributed by atoms with Crippen molar-refractivity contribution in [1.82, 2.24) is 25.8 Å². The zero-order chi connectivity index (χ0) is 32.4. The van der Waals surface area contributed by atoms with Gasteiger partial charge < -0.3 is 30.5 Å². The Morgan fingerprint density at radius 1 is 1.02 bits per heavy atom. The van der Waals surface area contributed by atoms with E-state index in [4.69, 9.17) is 4.74 Å². The number of halogens is 1. The molecule has 0 unspecified atom stereocenters. The average Bonchev–Trinajstić information content (AvgIpc) is 2.98. The SMILES string of the molecule is CN[C@@H](C)C(=O)N[C@H](C(=O)NCC(=O)N1C=C(C)N(CCc2cccc(F)c2)C(=O)[C@@H]1COCc1ccccc1)C(C)(C)C. The third-order valence-corrected chi connectivity index (χ3v) is 7.48. The van der Waals surface area contributed by atoms with Crippen LogP contribution in [0.25, 0.3) is 0 Å². The van der Waals surface area contributed by atoms with E-state index in [-0.39, 0.29) is 37.4 Å². The fourth-order valence-electron chi connectivity index (χ4n) is 4.74.